The van der Waals surface area contributed by atoms with Crippen LogP contribution in [-0.4, -0.2) is 59.5 Å². The number of hydrogen-bond donors (Lipinski definition) is 1. The van der Waals surface area contributed by atoms with Crippen molar-refractivity contribution < 1.29 is 27.2 Å². The van der Waals surface area contributed by atoms with E-state index in [4.69, 9.17) is 5.73 Å². The summed E-state index contributed by atoms with van der Waals surface area (Å²) in [5, 5.41) is 0. The Morgan fingerprint density at radius 1 is 1.25 bits per heavy atom. The van der Waals surface area contributed by atoms with Crippen molar-refractivity contribution in [3.63, 3.8) is 0 Å². The van der Waals surface area contributed by atoms with Gasteiger partial charge in [-0.05, 0) is 31.9 Å². The molecule has 1 heterocycles. The number of alkyl halides is 3. The third kappa shape index (κ3) is 6.63. The zero-order valence-electron chi connectivity index (χ0n) is 15.4. The molecule has 1 aromatic rings. The molecule has 2 N–H and O–H groups in total. The number of benzene rings is 1. The Morgan fingerprint density at radius 3 is 2.32 bits per heavy atom. The third-order valence-electron chi connectivity index (χ3n) is 4.47. The fourth-order valence-corrected chi connectivity index (χ4v) is 3.18. The van der Waals surface area contributed by atoms with E-state index in [1.807, 2.05) is 0 Å². The highest BCUT2D eigenvalue weighted by Gasteiger charge is 2.39. The van der Waals surface area contributed by atoms with Gasteiger partial charge in [-0.2, -0.15) is 13.2 Å². The predicted octanol–water partition coefficient (Wildman–Crippen LogP) is 2.98. The van der Waals surface area contributed by atoms with E-state index in [0.717, 1.165) is 6.07 Å². The second kappa shape index (κ2) is 10.1. The van der Waals surface area contributed by atoms with Gasteiger partial charge in [0, 0.05) is 31.6 Å². The second-order valence-electron chi connectivity index (χ2n) is 6.82. The minimum atomic E-state index is -4.61. The average molecular weight is 426 g/mol. The van der Waals surface area contributed by atoms with Gasteiger partial charge in [0.2, 0.25) is 5.91 Å². The Morgan fingerprint density at radius 2 is 1.82 bits per heavy atom. The molecule has 0 radical (unpaired) electrons. The van der Waals surface area contributed by atoms with E-state index in [0.29, 0.717) is 4.90 Å². The number of carbonyl (C=O) groups is 2. The molecule has 158 valence electrons. The van der Waals surface area contributed by atoms with Gasteiger partial charge in [0.1, 0.15) is 12.4 Å². The fourth-order valence-electron chi connectivity index (χ4n) is 3.18. The highest BCUT2D eigenvalue weighted by molar-refractivity contribution is 5.94. The van der Waals surface area contributed by atoms with Crippen molar-refractivity contribution in [2.45, 2.75) is 44.4 Å². The van der Waals surface area contributed by atoms with Gasteiger partial charge in [0.15, 0.2) is 0 Å². The van der Waals surface area contributed by atoms with E-state index in [-0.39, 0.29) is 56.7 Å². The van der Waals surface area contributed by atoms with Crippen molar-refractivity contribution in [1.82, 2.24) is 9.80 Å². The first-order valence-electron chi connectivity index (χ1n) is 8.74. The molecule has 2 amide bonds. The minimum Gasteiger partial charge on any atom is -0.342 e. The lowest BCUT2D eigenvalue weighted by molar-refractivity contribution is -0.148. The van der Waals surface area contributed by atoms with Crippen LogP contribution in [-0.2, 0) is 4.79 Å². The van der Waals surface area contributed by atoms with Crippen molar-refractivity contribution in [2.75, 3.05) is 19.6 Å². The van der Waals surface area contributed by atoms with Crippen molar-refractivity contribution in [1.29, 1.82) is 0 Å². The molecule has 1 aliphatic heterocycles. The molecule has 1 atom stereocenters. The molecular formula is C18H24ClF4N3O2. The van der Waals surface area contributed by atoms with Crippen molar-refractivity contribution >= 4 is 24.2 Å². The Labute approximate surface area is 167 Å². The molecule has 10 heteroatoms. The van der Waals surface area contributed by atoms with E-state index >= 15 is 0 Å². The van der Waals surface area contributed by atoms with Crippen LogP contribution in [0.2, 0.25) is 0 Å². The lowest BCUT2D eigenvalue weighted by Crippen LogP contribution is -2.51. The van der Waals surface area contributed by atoms with Gasteiger partial charge in [-0.1, -0.05) is 12.1 Å². The van der Waals surface area contributed by atoms with Gasteiger partial charge in [-0.15, -0.1) is 12.4 Å². The lowest BCUT2D eigenvalue weighted by atomic mass is 10.0. The maximum Gasteiger partial charge on any atom is 0.406 e. The van der Waals surface area contributed by atoms with Gasteiger partial charge in [-0.25, -0.2) is 4.39 Å². The van der Waals surface area contributed by atoms with Gasteiger partial charge in [0.05, 0.1) is 5.56 Å². The molecule has 1 aromatic carbocycles. The van der Waals surface area contributed by atoms with Crippen molar-refractivity contribution in [3.05, 3.63) is 35.6 Å². The molecule has 1 unspecified atom stereocenters. The smallest absolute Gasteiger partial charge is 0.342 e. The Balaban J connectivity index is 0.00000392. The zero-order valence-corrected chi connectivity index (χ0v) is 16.2. The van der Waals surface area contributed by atoms with E-state index in [9.17, 15) is 27.2 Å². The zero-order chi connectivity index (χ0) is 20.2. The molecule has 1 fully saturated rings. The summed E-state index contributed by atoms with van der Waals surface area (Å²) in [6, 6.07) is 3.94. The summed E-state index contributed by atoms with van der Waals surface area (Å²) in [4.78, 5) is 26.9. The first-order valence-corrected chi connectivity index (χ1v) is 8.74. The lowest BCUT2D eigenvalue weighted by Gasteiger charge is -2.39. The van der Waals surface area contributed by atoms with Crippen molar-refractivity contribution in [2.24, 2.45) is 5.73 Å². The van der Waals surface area contributed by atoms with E-state index in [1.54, 1.807) is 11.8 Å². The molecule has 0 aliphatic carbocycles. The SMILES string of the molecule is CC(N)CC(=O)N1CCC(N(CC(F)(F)F)C(=O)c2ccccc2F)CC1.Cl. The fraction of sp³-hybridized carbons (Fsp3) is 0.556. The molecule has 0 bridgehead atoms. The Kier molecular flexibility index (Phi) is 8.69. The van der Waals surface area contributed by atoms with Crippen LogP contribution in [0.1, 0.15) is 36.5 Å². The number of hydrogen-bond acceptors (Lipinski definition) is 3. The van der Waals surface area contributed by atoms with Crippen LogP contribution in [0, 0.1) is 5.82 Å². The van der Waals surface area contributed by atoms with Gasteiger partial charge in [-0.3, -0.25) is 9.59 Å². The van der Waals surface area contributed by atoms with Crippen LogP contribution in [0.5, 0.6) is 0 Å². The number of likely N-dealkylation sites (tertiary alicyclic amines) is 1. The van der Waals surface area contributed by atoms with Crippen molar-refractivity contribution in [3.8, 4) is 0 Å². The van der Waals surface area contributed by atoms with Crippen LogP contribution in [0.3, 0.4) is 0 Å². The minimum absolute atomic E-state index is 0. The second-order valence-corrected chi connectivity index (χ2v) is 6.82. The van der Waals surface area contributed by atoms with Crippen LogP contribution < -0.4 is 5.73 Å². The number of nitrogens with two attached hydrogens (primary N) is 1. The highest BCUT2D eigenvalue weighted by atomic mass is 35.5. The summed E-state index contributed by atoms with van der Waals surface area (Å²) < 4.78 is 53.0. The number of carbonyl (C=O) groups excluding carboxylic acids is 2. The molecule has 0 saturated carbocycles. The van der Waals surface area contributed by atoms with E-state index < -0.39 is 36.1 Å². The van der Waals surface area contributed by atoms with Crippen LogP contribution in [0.4, 0.5) is 17.6 Å². The van der Waals surface area contributed by atoms with Crippen LogP contribution in [0.25, 0.3) is 0 Å². The third-order valence-corrected chi connectivity index (χ3v) is 4.47. The summed E-state index contributed by atoms with van der Waals surface area (Å²) >= 11 is 0. The topological polar surface area (TPSA) is 66.6 Å². The molecule has 28 heavy (non-hydrogen) atoms. The normalized spacial score (nSPS) is 16.3. The quantitative estimate of drug-likeness (QED) is 0.737. The van der Waals surface area contributed by atoms with Gasteiger partial charge >= 0.3 is 6.18 Å². The molecule has 0 spiro atoms. The number of rotatable bonds is 5. The highest BCUT2D eigenvalue weighted by Crippen LogP contribution is 2.25. The predicted molar refractivity (Wildman–Crippen MR) is 98.6 cm³/mol. The molecule has 1 saturated heterocycles. The first-order chi connectivity index (χ1) is 12.6. The summed E-state index contributed by atoms with van der Waals surface area (Å²) in [5.41, 5.74) is 5.21. The molecular weight excluding hydrogens is 402 g/mol. The molecule has 2 rings (SSSR count). The number of piperidine rings is 1. The average Bonchev–Trinajstić information content (AvgIpc) is 2.58. The summed E-state index contributed by atoms with van der Waals surface area (Å²) in [6.07, 6.45) is -4.06. The van der Waals surface area contributed by atoms with Crippen LogP contribution in [0.15, 0.2) is 24.3 Å². The van der Waals surface area contributed by atoms with Gasteiger partial charge < -0.3 is 15.5 Å². The van der Waals surface area contributed by atoms with E-state index in [2.05, 4.69) is 0 Å². The maximum atomic E-state index is 13.9. The van der Waals surface area contributed by atoms with E-state index in [1.165, 1.54) is 18.2 Å². The monoisotopic (exact) mass is 425 g/mol. The van der Waals surface area contributed by atoms with Crippen LogP contribution >= 0.6 is 12.4 Å². The molecule has 1 aliphatic rings. The maximum absolute atomic E-state index is 13.9. The number of amides is 2. The Hall–Kier alpha value is -1.87. The largest absolute Gasteiger partial charge is 0.406 e. The standard InChI is InChI=1S/C18H23F4N3O2.ClH/c1-12(23)10-16(26)24-8-6-13(7-9-24)25(11-18(20,21)22)17(27)14-4-2-3-5-15(14)19;/h2-5,12-13H,6-11,23H2,1H3;1H. The number of halogens is 5. The Bertz CT molecular complexity index is 677. The molecule has 5 nitrogen and oxygen atoms in total. The van der Waals surface area contributed by atoms with Gasteiger partial charge in [0.25, 0.3) is 5.91 Å². The number of nitrogens with zero attached hydrogens (tertiary/aromatic N) is 2. The summed E-state index contributed by atoms with van der Waals surface area (Å²) in [6.45, 7) is 0.700. The summed E-state index contributed by atoms with van der Waals surface area (Å²) in [7, 11) is 0. The molecule has 0 aromatic heterocycles. The summed E-state index contributed by atoms with van der Waals surface area (Å²) in [5.74, 6) is -2.02. The first kappa shape index (κ1) is 24.2.